The molecule has 0 unspecified atom stereocenters. The third kappa shape index (κ3) is 2.47. The molecule has 0 radical (unpaired) electrons. The minimum absolute atomic E-state index is 0.728. The van der Waals surface area contributed by atoms with E-state index in [2.05, 4.69) is 46.4 Å². The van der Waals surface area contributed by atoms with E-state index in [0.717, 1.165) is 22.3 Å². The van der Waals surface area contributed by atoms with Crippen LogP contribution in [0.3, 0.4) is 0 Å². The van der Waals surface area contributed by atoms with Crippen LogP contribution in [0, 0.1) is 0 Å². The maximum Gasteiger partial charge on any atom is 0.152 e. The molecular formula is C20H14N2. The zero-order chi connectivity index (χ0) is 14.8. The smallest absolute Gasteiger partial charge is 0.152 e. The highest BCUT2D eigenvalue weighted by Crippen LogP contribution is 2.21. The molecule has 0 fully saturated rings. The van der Waals surface area contributed by atoms with E-state index in [1.165, 1.54) is 10.8 Å². The molecule has 0 amide bonds. The lowest BCUT2D eigenvalue weighted by Gasteiger charge is -2.02. The molecule has 2 nitrogen and oxygen atoms in total. The van der Waals surface area contributed by atoms with Crippen LogP contribution in [0.5, 0.6) is 0 Å². The molecule has 1 aromatic heterocycles. The molecule has 4 rings (SSSR count). The quantitative estimate of drug-likeness (QED) is 0.486. The lowest BCUT2D eigenvalue weighted by atomic mass is 10.1. The lowest BCUT2D eigenvalue weighted by molar-refractivity contribution is 1.19. The molecule has 0 spiro atoms. The Balaban J connectivity index is 1.76. The second-order valence-electron chi connectivity index (χ2n) is 5.23. The van der Waals surface area contributed by atoms with Crippen LogP contribution in [0.15, 0.2) is 72.9 Å². The number of rotatable bonds is 2. The fourth-order valence-corrected chi connectivity index (χ4v) is 2.55. The molecule has 104 valence electrons. The molecule has 0 atom stereocenters. The zero-order valence-electron chi connectivity index (χ0n) is 12.0. The van der Waals surface area contributed by atoms with Crippen LogP contribution < -0.4 is 0 Å². The average molecular weight is 282 g/mol. The average Bonchev–Trinajstić information content (AvgIpc) is 2.59. The minimum atomic E-state index is 0.728. The van der Waals surface area contributed by atoms with Gasteiger partial charge in [0.05, 0.1) is 5.52 Å². The second kappa shape index (κ2) is 5.41. The number of aromatic nitrogens is 2. The van der Waals surface area contributed by atoms with Crippen molar-refractivity contribution in [2.45, 2.75) is 0 Å². The molecule has 2 heteroatoms. The van der Waals surface area contributed by atoms with E-state index < -0.39 is 0 Å². The number of hydrogen-bond acceptors (Lipinski definition) is 2. The molecule has 0 saturated carbocycles. The largest absolute Gasteiger partial charge is 0.236 e. The topological polar surface area (TPSA) is 25.8 Å². The van der Waals surface area contributed by atoms with Gasteiger partial charge in [-0.2, -0.15) is 0 Å². The van der Waals surface area contributed by atoms with E-state index in [1.54, 1.807) is 0 Å². The first kappa shape index (κ1) is 12.7. The van der Waals surface area contributed by atoms with Crippen LogP contribution in [0.25, 0.3) is 33.8 Å². The van der Waals surface area contributed by atoms with E-state index in [1.807, 2.05) is 48.7 Å². The summed E-state index contributed by atoms with van der Waals surface area (Å²) in [6.07, 6.45) is 5.87. The highest BCUT2D eigenvalue weighted by atomic mass is 14.9. The normalized spacial score (nSPS) is 11.5. The van der Waals surface area contributed by atoms with Gasteiger partial charge >= 0.3 is 0 Å². The van der Waals surface area contributed by atoms with Gasteiger partial charge < -0.3 is 0 Å². The van der Waals surface area contributed by atoms with Gasteiger partial charge in [-0.1, -0.05) is 60.7 Å². The van der Waals surface area contributed by atoms with Gasteiger partial charge in [-0.25, -0.2) is 9.97 Å². The van der Waals surface area contributed by atoms with Crippen LogP contribution in [0.2, 0.25) is 0 Å². The second-order valence-corrected chi connectivity index (χ2v) is 5.23. The molecule has 3 aromatic carbocycles. The Morgan fingerprint density at radius 3 is 2.23 bits per heavy atom. The summed E-state index contributed by atoms with van der Waals surface area (Å²) in [6.45, 7) is 0. The molecule has 0 aliphatic rings. The number of benzene rings is 3. The van der Waals surface area contributed by atoms with Crippen molar-refractivity contribution in [3.63, 3.8) is 0 Å². The summed E-state index contributed by atoms with van der Waals surface area (Å²) >= 11 is 0. The summed E-state index contributed by atoms with van der Waals surface area (Å²) in [5, 5.41) is 3.48. The lowest BCUT2D eigenvalue weighted by Crippen LogP contribution is -1.88. The summed E-state index contributed by atoms with van der Waals surface area (Å²) in [5.41, 5.74) is 2.12. The van der Waals surface area contributed by atoms with Crippen molar-refractivity contribution >= 4 is 33.8 Å². The van der Waals surface area contributed by atoms with Gasteiger partial charge in [0.1, 0.15) is 0 Å². The Kier molecular flexibility index (Phi) is 3.13. The van der Waals surface area contributed by atoms with Gasteiger partial charge in [-0.3, -0.25) is 0 Å². The molecule has 4 aromatic rings. The Labute approximate surface area is 128 Å². The van der Waals surface area contributed by atoms with E-state index in [4.69, 9.17) is 0 Å². The van der Waals surface area contributed by atoms with E-state index >= 15 is 0 Å². The van der Waals surface area contributed by atoms with Crippen molar-refractivity contribution in [2.24, 2.45) is 0 Å². The first-order valence-electron chi connectivity index (χ1n) is 7.27. The van der Waals surface area contributed by atoms with Gasteiger partial charge in [0, 0.05) is 11.6 Å². The summed E-state index contributed by atoms with van der Waals surface area (Å²) < 4.78 is 0. The van der Waals surface area contributed by atoms with Gasteiger partial charge in [0.25, 0.3) is 0 Å². The molecule has 0 aliphatic carbocycles. The maximum atomic E-state index is 4.64. The first-order valence-corrected chi connectivity index (χ1v) is 7.27. The Hall–Kier alpha value is -3.00. The van der Waals surface area contributed by atoms with Crippen molar-refractivity contribution in [1.82, 2.24) is 9.97 Å². The molecule has 1 heterocycles. The van der Waals surface area contributed by atoms with Gasteiger partial charge in [-0.05, 0) is 34.5 Å². The van der Waals surface area contributed by atoms with Gasteiger partial charge in [0.15, 0.2) is 5.82 Å². The van der Waals surface area contributed by atoms with Crippen molar-refractivity contribution < 1.29 is 0 Å². The fraction of sp³-hybridized carbons (Fsp3) is 0. The van der Waals surface area contributed by atoms with Crippen LogP contribution in [0.4, 0.5) is 0 Å². The van der Waals surface area contributed by atoms with Crippen LogP contribution in [-0.4, -0.2) is 9.97 Å². The van der Waals surface area contributed by atoms with Crippen molar-refractivity contribution in [3.05, 3.63) is 84.3 Å². The zero-order valence-corrected chi connectivity index (χ0v) is 12.0. The summed E-state index contributed by atoms with van der Waals surface area (Å²) in [4.78, 5) is 9.07. The van der Waals surface area contributed by atoms with Crippen molar-refractivity contribution in [1.29, 1.82) is 0 Å². The van der Waals surface area contributed by atoms with Crippen LogP contribution in [0.1, 0.15) is 11.4 Å². The maximum absolute atomic E-state index is 4.64. The number of fused-ring (bicyclic) bond motifs is 2. The summed E-state index contributed by atoms with van der Waals surface area (Å²) in [6, 6.07) is 22.7. The Morgan fingerprint density at radius 1 is 0.682 bits per heavy atom. The van der Waals surface area contributed by atoms with Gasteiger partial charge in [-0.15, -0.1) is 0 Å². The Morgan fingerprint density at radius 2 is 1.41 bits per heavy atom. The molecule has 0 saturated heterocycles. The predicted molar refractivity (Wildman–Crippen MR) is 92.4 cm³/mol. The van der Waals surface area contributed by atoms with E-state index in [-0.39, 0.29) is 0 Å². The third-order valence-electron chi connectivity index (χ3n) is 3.69. The molecule has 0 N–H and O–H groups in total. The number of hydrogen-bond donors (Lipinski definition) is 0. The monoisotopic (exact) mass is 282 g/mol. The van der Waals surface area contributed by atoms with E-state index in [9.17, 15) is 0 Å². The molecule has 0 bridgehead atoms. The minimum Gasteiger partial charge on any atom is -0.236 e. The Bertz CT molecular complexity index is 972. The van der Waals surface area contributed by atoms with Crippen molar-refractivity contribution in [2.75, 3.05) is 0 Å². The van der Waals surface area contributed by atoms with Crippen LogP contribution in [-0.2, 0) is 0 Å². The fourth-order valence-electron chi connectivity index (χ4n) is 2.55. The molecule has 0 aliphatic heterocycles. The highest BCUT2D eigenvalue weighted by Gasteiger charge is 2.00. The number of nitrogens with zero attached hydrogens (tertiary/aromatic N) is 2. The van der Waals surface area contributed by atoms with Gasteiger partial charge in [0.2, 0.25) is 0 Å². The van der Waals surface area contributed by atoms with E-state index in [0.29, 0.717) is 0 Å². The standard InChI is InChI=1S/C20H14N2/c1-2-6-15(7-3-1)10-11-20-21-14-18-12-16-8-4-5-9-17(16)13-19(18)22-20/h1-14H. The molecule has 22 heavy (non-hydrogen) atoms. The SMILES string of the molecule is C(=Cc1ncc2cc3ccccc3cc2n1)c1ccccc1. The van der Waals surface area contributed by atoms with Crippen LogP contribution >= 0.6 is 0 Å². The molecular weight excluding hydrogens is 268 g/mol. The first-order chi connectivity index (χ1) is 10.9. The highest BCUT2D eigenvalue weighted by molar-refractivity contribution is 5.96. The summed E-state index contributed by atoms with van der Waals surface area (Å²) in [7, 11) is 0. The third-order valence-corrected chi connectivity index (χ3v) is 3.69. The summed E-state index contributed by atoms with van der Waals surface area (Å²) in [5.74, 6) is 0.728. The predicted octanol–water partition coefficient (Wildman–Crippen LogP) is 4.95. The van der Waals surface area contributed by atoms with Crippen molar-refractivity contribution in [3.8, 4) is 0 Å².